The highest BCUT2D eigenvalue weighted by Gasteiger charge is 2.04. The van der Waals surface area contributed by atoms with Crippen LogP contribution in [0.15, 0.2) is 54.3 Å². The third-order valence-electron chi connectivity index (χ3n) is 1.92. The second-order valence-electron chi connectivity index (χ2n) is 3.03. The molecule has 2 heteroatoms. The van der Waals surface area contributed by atoms with E-state index in [1.807, 2.05) is 30.3 Å². The van der Waals surface area contributed by atoms with E-state index in [-0.39, 0.29) is 5.78 Å². The number of ketones is 1. The molecule has 0 saturated heterocycles. The number of ether oxygens (including phenoxy) is 1. The molecule has 0 spiro atoms. The van der Waals surface area contributed by atoms with Gasteiger partial charge in [0.15, 0.2) is 5.78 Å². The average Bonchev–Trinajstić information content (AvgIpc) is 2.23. The molecule has 0 heterocycles. The molecule has 70 valence electrons. The van der Waals surface area contributed by atoms with Gasteiger partial charge in [0.05, 0.1) is 0 Å². The average molecular weight is 186 g/mol. The number of carbonyl (C=O) groups is 1. The van der Waals surface area contributed by atoms with Crippen LogP contribution in [-0.2, 0) is 4.79 Å². The minimum atomic E-state index is 0.116. The maximum atomic E-state index is 10.9. The number of benzene rings is 1. The third-order valence-corrected chi connectivity index (χ3v) is 1.92. The van der Waals surface area contributed by atoms with Crippen molar-refractivity contribution < 1.29 is 9.53 Å². The Balaban J connectivity index is 2.06. The van der Waals surface area contributed by atoms with Crippen LogP contribution in [-0.4, -0.2) is 5.78 Å². The van der Waals surface area contributed by atoms with E-state index in [2.05, 4.69) is 0 Å². The molecule has 0 bridgehead atoms. The first-order valence-electron chi connectivity index (χ1n) is 4.48. The molecule has 1 aromatic rings. The van der Waals surface area contributed by atoms with Crippen LogP contribution in [0.2, 0.25) is 0 Å². The fraction of sp³-hybridized carbons (Fsp3) is 0.0833. The van der Waals surface area contributed by atoms with Crippen molar-refractivity contribution in [2.45, 2.75) is 6.42 Å². The Hall–Kier alpha value is -1.83. The SMILES string of the molecule is O=C1C=CC(Oc2ccccc2)=CC1. The van der Waals surface area contributed by atoms with E-state index in [4.69, 9.17) is 4.74 Å². The van der Waals surface area contributed by atoms with Gasteiger partial charge in [-0.25, -0.2) is 0 Å². The first kappa shape index (κ1) is 8.75. The number of allylic oxidation sites excluding steroid dienone is 3. The second-order valence-corrected chi connectivity index (χ2v) is 3.03. The molecular formula is C12H10O2. The summed E-state index contributed by atoms with van der Waals surface area (Å²) in [6.45, 7) is 0. The van der Waals surface area contributed by atoms with Crippen molar-refractivity contribution in [1.82, 2.24) is 0 Å². The summed E-state index contributed by atoms with van der Waals surface area (Å²) in [6, 6.07) is 9.51. The minimum Gasteiger partial charge on any atom is -0.458 e. The molecule has 1 aliphatic rings. The Labute approximate surface area is 82.5 Å². The lowest BCUT2D eigenvalue weighted by atomic mass is 10.1. The zero-order chi connectivity index (χ0) is 9.80. The van der Waals surface area contributed by atoms with Gasteiger partial charge in [-0.2, -0.15) is 0 Å². The lowest BCUT2D eigenvalue weighted by Gasteiger charge is -2.08. The second kappa shape index (κ2) is 3.92. The van der Waals surface area contributed by atoms with Crippen molar-refractivity contribution in [3.05, 3.63) is 54.3 Å². The molecule has 0 aliphatic heterocycles. The Kier molecular flexibility index (Phi) is 2.45. The Morgan fingerprint density at radius 1 is 1.07 bits per heavy atom. The van der Waals surface area contributed by atoms with E-state index in [0.717, 1.165) is 11.5 Å². The Morgan fingerprint density at radius 3 is 2.50 bits per heavy atom. The fourth-order valence-electron chi connectivity index (χ4n) is 1.21. The molecular weight excluding hydrogens is 176 g/mol. The van der Waals surface area contributed by atoms with Crippen molar-refractivity contribution in [2.75, 3.05) is 0 Å². The van der Waals surface area contributed by atoms with Gasteiger partial charge in [-0.05, 0) is 30.4 Å². The highest BCUT2D eigenvalue weighted by Crippen LogP contribution is 2.15. The lowest BCUT2D eigenvalue weighted by Crippen LogP contribution is -2.01. The molecule has 0 N–H and O–H groups in total. The molecule has 0 fully saturated rings. The summed E-state index contributed by atoms with van der Waals surface area (Å²) in [5, 5.41) is 0. The predicted octanol–water partition coefficient (Wildman–Crippen LogP) is 2.48. The fourth-order valence-corrected chi connectivity index (χ4v) is 1.21. The van der Waals surface area contributed by atoms with Crippen molar-refractivity contribution in [1.29, 1.82) is 0 Å². The molecule has 1 aliphatic carbocycles. The van der Waals surface area contributed by atoms with Crippen LogP contribution in [0.1, 0.15) is 6.42 Å². The van der Waals surface area contributed by atoms with E-state index < -0.39 is 0 Å². The van der Waals surface area contributed by atoms with Gasteiger partial charge < -0.3 is 4.74 Å². The van der Waals surface area contributed by atoms with Gasteiger partial charge in [-0.1, -0.05) is 18.2 Å². The summed E-state index contributed by atoms with van der Waals surface area (Å²) >= 11 is 0. The van der Waals surface area contributed by atoms with E-state index >= 15 is 0 Å². The summed E-state index contributed by atoms with van der Waals surface area (Å²) in [5.74, 6) is 1.64. The van der Waals surface area contributed by atoms with Crippen molar-refractivity contribution in [3.63, 3.8) is 0 Å². The van der Waals surface area contributed by atoms with E-state index in [0.29, 0.717) is 6.42 Å². The zero-order valence-electron chi connectivity index (χ0n) is 7.64. The lowest BCUT2D eigenvalue weighted by molar-refractivity contribution is -0.114. The van der Waals surface area contributed by atoms with E-state index in [9.17, 15) is 4.79 Å². The summed E-state index contributed by atoms with van der Waals surface area (Å²) in [5.41, 5.74) is 0. The van der Waals surface area contributed by atoms with Gasteiger partial charge in [0.25, 0.3) is 0 Å². The van der Waals surface area contributed by atoms with Crippen LogP contribution >= 0.6 is 0 Å². The molecule has 0 saturated carbocycles. The predicted molar refractivity (Wildman–Crippen MR) is 53.9 cm³/mol. The van der Waals surface area contributed by atoms with Crippen molar-refractivity contribution >= 4 is 5.78 Å². The van der Waals surface area contributed by atoms with Gasteiger partial charge in [-0.3, -0.25) is 4.79 Å². The number of carbonyl (C=O) groups excluding carboxylic acids is 1. The number of hydrogen-bond donors (Lipinski definition) is 0. The van der Waals surface area contributed by atoms with Crippen LogP contribution in [0.25, 0.3) is 0 Å². The minimum absolute atomic E-state index is 0.116. The molecule has 1 aromatic carbocycles. The maximum absolute atomic E-state index is 10.9. The first-order chi connectivity index (χ1) is 6.84. The Bertz CT molecular complexity index is 388. The largest absolute Gasteiger partial charge is 0.458 e. The van der Waals surface area contributed by atoms with Crippen LogP contribution < -0.4 is 4.74 Å². The maximum Gasteiger partial charge on any atom is 0.159 e. The smallest absolute Gasteiger partial charge is 0.159 e. The molecule has 0 aromatic heterocycles. The van der Waals surface area contributed by atoms with E-state index in [1.165, 1.54) is 6.08 Å². The molecule has 2 rings (SSSR count). The van der Waals surface area contributed by atoms with Crippen molar-refractivity contribution in [2.24, 2.45) is 0 Å². The van der Waals surface area contributed by atoms with Gasteiger partial charge in [0.1, 0.15) is 11.5 Å². The van der Waals surface area contributed by atoms with E-state index in [1.54, 1.807) is 12.2 Å². The Morgan fingerprint density at radius 2 is 1.86 bits per heavy atom. The number of rotatable bonds is 2. The van der Waals surface area contributed by atoms with Crippen LogP contribution in [0.3, 0.4) is 0 Å². The van der Waals surface area contributed by atoms with Crippen LogP contribution in [0.5, 0.6) is 5.75 Å². The summed E-state index contributed by atoms with van der Waals surface area (Å²) in [7, 11) is 0. The van der Waals surface area contributed by atoms with Crippen LogP contribution in [0.4, 0.5) is 0 Å². The topological polar surface area (TPSA) is 26.3 Å². The highest BCUT2D eigenvalue weighted by molar-refractivity contribution is 5.92. The van der Waals surface area contributed by atoms with Gasteiger partial charge in [0.2, 0.25) is 0 Å². The third kappa shape index (κ3) is 2.10. The number of para-hydroxylation sites is 1. The van der Waals surface area contributed by atoms with Gasteiger partial charge >= 0.3 is 0 Å². The molecule has 0 radical (unpaired) electrons. The monoisotopic (exact) mass is 186 g/mol. The molecule has 0 amide bonds. The first-order valence-corrected chi connectivity index (χ1v) is 4.48. The molecule has 0 atom stereocenters. The molecule has 14 heavy (non-hydrogen) atoms. The number of hydrogen-bond acceptors (Lipinski definition) is 2. The van der Waals surface area contributed by atoms with Gasteiger partial charge in [0, 0.05) is 6.42 Å². The normalized spacial score (nSPS) is 15.1. The highest BCUT2D eigenvalue weighted by atomic mass is 16.5. The quantitative estimate of drug-likeness (QED) is 0.709. The summed E-state index contributed by atoms with van der Waals surface area (Å²) in [4.78, 5) is 10.9. The summed E-state index contributed by atoms with van der Waals surface area (Å²) in [6.07, 6.45) is 5.45. The van der Waals surface area contributed by atoms with Crippen molar-refractivity contribution in [3.8, 4) is 5.75 Å². The standard InChI is InChI=1S/C12H10O2/c13-10-6-8-12(9-7-10)14-11-4-2-1-3-5-11/h1-6,8-9H,7H2. The molecule has 2 nitrogen and oxygen atoms in total. The molecule has 0 unspecified atom stereocenters. The zero-order valence-corrected chi connectivity index (χ0v) is 7.64. The van der Waals surface area contributed by atoms with Gasteiger partial charge in [-0.15, -0.1) is 0 Å². The van der Waals surface area contributed by atoms with Crippen LogP contribution in [0, 0.1) is 0 Å². The summed E-state index contributed by atoms with van der Waals surface area (Å²) < 4.78 is 5.53.